The third-order valence-electron chi connectivity index (χ3n) is 6.91. The Morgan fingerprint density at radius 2 is 1.40 bits per heavy atom. The zero-order valence-electron chi connectivity index (χ0n) is 21.0. The van der Waals surface area contributed by atoms with E-state index in [0.29, 0.717) is 11.8 Å². The van der Waals surface area contributed by atoms with Crippen molar-refractivity contribution >= 4 is 32.6 Å². The molecule has 2 aromatic rings. The third-order valence-corrected chi connectivity index (χ3v) is 11.0. The maximum absolute atomic E-state index is 2.56. The summed E-state index contributed by atoms with van der Waals surface area (Å²) in [5.74, 6) is 1.19. The molecule has 0 bridgehead atoms. The molecule has 2 heteroatoms. The van der Waals surface area contributed by atoms with Gasteiger partial charge in [0.2, 0.25) is 0 Å². The van der Waals surface area contributed by atoms with Crippen LogP contribution in [0.4, 0.5) is 0 Å². The van der Waals surface area contributed by atoms with Gasteiger partial charge in [0.05, 0.1) is 16.1 Å². The molecule has 30 heavy (non-hydrogen) atoms. The van der Waals surface area contributed by atoms with Crippen LogP contribution in [0.25, 0.3) is 17.2 Å². The first-order chi connectivity index (χ1) is 13.8. The number of rotatable bonds is 6. The highest BCUT2D eigenvalue weighted by molar-refractivity contribution is 6.91. The summed E-state index contributed by atoms with van der Waals surface area (Å²) >= 11 is 0. The first-order valence-corrected chi connectivity index (χ1v) is 18.9. The van der Waals surface area contributed by atoms with Crippen molar-refractivity contribution in [1.82, 2.24) is 0 Å². The highest BCUT2D eigenvalue weighted by Gasteiger charge is 2.27. The number of hydrogen-bond donors (Lipinski definition) is 0. The number of hydrogen-bond acceptors (Lipinski definition) is 0. The first kappa shape index (κ1) is 23.3. The van der Waals surface area contributed by atoms with Gasteiger partial charge in [0, 0.05) is 0 Å². The van der Waals surface area contributed by atoms with E-state index >= 15 is 0 Å². The van der Waals surface area contributed by atoms with Crippen molar-refractivity contribution in [3.63, 3.8) is 0 Å². The van der Waals surface area contributed by atoms with Gasteiger partial charge in [0.25, 0.3) is 0 Å². The normalized spacial score (nSPS) is 15.4. The zero-order valence-corrected chi connectivity index (χ0v) is 23.0. The van der Waals surface area contributed by atoms with E-state index in [1.807, 2.05) is 0 Å². The van der Waals surface area contributed by atoms with E-state index in [0.717, 1.165) is 6.42 Å². The van der Waals surface area contributed by atoms with Crippen molar-refractivity contribution < 1.29 is 0 Å². The van der Waals surface area contributed by atoms with Gasteiger partial charge < -0.3 is 0 Å². The smallest absolute Gasteiger partial charge is 0.0656 e. The van der Waals surface area contributed by atoms with Gasteiger partial charge in [-0.05, 0) is 52.5 Å². The van der Waals surface area contributed by atoms with Crippen LogP contribution in [-0.2, 0) is 6.42 Å². The molecule has 0 fully saturated rings. The number of allylic oxidation sites excluding steroid dienone is 1. The van der Waals surface area contributed by atoms with Gasteiger partial charge in [-0.3, -0.25) is 0 Å². The summed E-state index contributed by atoms with van der Waals surface area (Å²) in [6.45, 7) is 24.3. The van der Waals surface area contributed by atoms with Crippen LogP contribution in [0.3, 0.4) is 0 Å². The molecule has 0 saturated heterocycles. The zero-order chi connectivity index (χ0) is 22.4. The van der Waals surface area contributed by atoms with E-state index in [-0.39, 0.29) is 0 Å². The minimum atomic E-state index is -1.41. The van der Waals surface area contributed by atoms with Crippen molar-refractivity contribution in [3.8, 4) is 11.1 Å². The second-order valence-corrected chi connectivity index (χ2v) is 21.9. The van der Waals surface area contributed by atoms with Crippen LogP contribution in [0.5, 0.6) is 0 Å². The third kappa shape index (κ3) is 4.60. The van der Waals surface area contributed by atoms with Gasteiger partial charge in [-0.15, -0.1) is 0 Å². The Bertz CT molecular complexity index is 933. The summed E-state index contributed by atoms with van der Waals surface area (Å²) in [6, 6.07) is 12.5. The Hall–Kier alpha value is -1.39. The Balaban J connectivity index is 2.33. The molecule has 0 N–H and O–H groups in total. The molecule has 0 nitrogen and oxygen atoms in total. The molecular weight excluding hydrogens is 392 g/mol. The van der Waals surface area contributed by atoms with E-state index in [9.17, 15) is 0 Å². The molecule has 0 radical (unpaired) electrons. The van der Waals surface area contributed by atoms with Gasteiger partial charge in [-0.1, -0.05) is 119 Å². The fourth-order valence-electron chi connectivity index (χ4n) is 4.47. The van der Waals surface area contributed by atoms with Crippen LogP contribution in [0.1, 0.15) is 56.7 Å². The Kier molecular flexibility index (Phi) is 6.42. The molecule has 162 valence electrons. The van der Waals surface area contributed by atoms with E-state index < -0.39 is 16.1 Å². The summed E-state index contributed by atoms with van der Waals surface area (Å²) < 4.78 is 0. The molecule has 0 aromatic heterocycles. The van der Waals surface area contributed by atoms with Crippen molar-refractivity contribution in [3.05, 3.63) is 52.6 Å². The molecule has 0 aliphatic heterocycles. The average Bonchev–Trinajstić information content (AvgIpc) is 3.08. The molecule has 0 heterocycles. The number of benzene rings is 2. The summed E-state index contributed by atoms with van der Waals surface area (Å²) in [5.41, 5.74) is 9.13. The van der Waals surface area contributed by atoms with Gasteiger partial charge in [-0.2, -0.15) is 0 Å². The van der Waals surface area contributed by atoms with E-state index in [1.54, 1.807) is 15.9 Å². The van der Waals surface area contributed by atoms with Crippen molar-refractivity contribution in [2.75, 3.05) is 0 Å². The summed E-state index contributed by atoms with van der Waals surface area (Å²) in [6.07, 6.45) is 4.89. The maximum Gasteiger partial charge on any atom is 0.0776 e. The van der Waals surface area contributed by atoms with E-state index in [2.05, 4.69) is 103 Å². The Labute approximate surface area is 187 Å². The predicted molar refractivity (Wildman–Crippen MR) is 143 cm³/mol. The number of fused-ring (bicyclic) bond motifs is 1. The lowest BCUT2D eigenvalue weighted by Crippen LogP contribution is -2.45. The fourth-order valence-corrected chi connectivity index (χ4v) is 6.97. The van der Waals surface area contributed by atoms with E-state index in [1.165, 1.54) is 34.2 Å². The lowest BCUT2D eigenvalue weighted by atomic mass is 9.87. The highest BCUT2D eigenvalue weighted by atomic mass is 28.3. The standard InChI is InChI=1S/C28H42Si2/c1-11-20(4)22-14-21-12-13-26(19(2)3)28(27(21)17-22)23-15-24(29(5,6)7)18-25(16-23)30(8,9)10/h12-13,15-20H,11,14H2,1-10H3. The van der Waals surface area contributed by atoms with Crippen LogP contribution in [0, 0.1) is 5.92 Å². The second-order valence-electron chi connectivity index (χ2n) is 11.8. The van der Waals surface area contributed by atoms with Gasteiger partial charge >= 0.3 is 0 Å². The maximum atomic E-state index is 2.56. The fraction of sp³-hybridized carbons (Fsp3) is 0.500. The highest BCUT2D eigenvalue weighted by Crippen LogP contribution is 2.41. The minimum absolute atomic E-state index is 0.525. The molecule has 0 spiro atoms. The van der Waals surface area contributed by atoms with Crippen molar-refractivity contribution in [2.24, 2.45) is 5.92 Å². The lowest BCUT2D eigenvalue weighted by molar-refractivity contribution is 0.647. The van der Waals surface area contributed by atoms with Crippen molar-refractivity contribution in [1.29, 1.82) is 0 Å². The first-order valence-electron chi connectivity index (χ1n) is 11.9. The topological polar surface area (TPSA) is 0 Å². The quantitative estimate of drug-likeness (QED) is 0.412. The largest absolute Gasteiger partial charge is 0.0776 e. The SMILES string of the molecule is CCC(C)C1=Cc2c(ccc(C(C)C)c2-c2cc([Si](C)(C)C)cc([Si](C)(C)C)c2)C1. The summed E-state index contributed by atoms with van der Waals surface area (Å²) in [7, 11) is -2.82. The summed E-state index contributed by atoms with van der Waals surface area (Å²) in [5, 5.41) is 3.21. The average molecular weight is 435 g/mol. The Morgan fingerprint density at radius 1 is 0.833 bits per heavy atom. The Morgan fingerprint density at radius 3 is 1.87 bits per heavy atom. The molecular formula is C28H42Si2. The van der Waals surface area contributed by atoms with Crippen LogP contribution in [-0.4, -0.2) is 16.1 Å². The second kappa shape index (κ2) is 8.28. The molecule has 1 aliphatic carbocycles. The molecule has 0 saturated carbocycles. The van der Waals surface area contributed by atoms with Crippen molar-refractivity contribution in [2.45, 2.75) is 85.7 Å². The monoisotopic (exact) mass is 434 g/mol. The van der Waals surface area contributed by atoms with Crippen LogP contribution >= 0.6 is 0 Å². The molecule has 1 atom stereocenters. The van der Waals surface area contributed by atoms with E-state index in [4.69, 9.17) is 0 Å². The summed E-state index contributed by atoms with van der Waals surface area (Å²) in [4.78, 5) is 0. The van der Waals surface area contributed by atoms with Crippen LogP contribution in [0.15, 0.2) is 35.9 Å². The van der Waals surface area contributed by atoms with Gasteiger partial charge in [0.1, 0.15) is 0 Å². The van der Waals surface area contributed by atoms with Crippen LogP contribution < -0.4 is 10.4 Å². The minimum Gasteiger partial charge on any atom is -0.0656 e. The molecule has 3 rings (SSSR count). The molecule has 1 aliphatic rings. The van der Waals surface area contributed by atoms with Crippen LogP contribution in [0.2, 0.25) is 39.3 Å². The predicted octanol–water partition coefficient (Wildman–Crippen LogP) is 7.55. The van der Waals surface area contributed by atoms with Gasteiger partial charge in [0.15, 0.2) is 0 Å². The lowest BCUT2D eigenvalue weighted by Gasteiger charge is -2.26. The molecule has 0 amide bonds. The van der Waals surface area contributed by atoms with Gasteiger partial charge in [-0.25, -0.2) is 0 Å². The molecule has 2 aromatic carbocycles. The molecule has 1 unspecified atom stereocenters.